The van der Waals surface area contributed by atoms with Gasteiger partial charge in [-0.3, -0.25) is 47.9 Å². The first kappa shape index (κ1) is 63.3. The predicted molar refractivity (Wildman–Crippen MR) is 283 cm³/mol. The zero-order chi connectivity index (χ0) is 58.5. The van der Waals surface area contributed by atoms with Crippen LogP contribution in [-0.2, 0) is 70.3 Å². The number of carboxylic acid groups (broad SMARTS) is 1. The first-order chi connectivity index (χ1) is 37.2. The number of ether oxygens (including phenoxy) is 1. The van der Waals surface area contributed by atoms with Crippen LogP contribution in [0.2, 0.25) is 0 Å². The first-order valence-corrected chi connectivity index (χ1v) is 27.1. The number of carbonyl (C=O) groups is 11. The molecule has 0 spiro atoms. The Morgan fingerprint density at radius 1 is 0.899 bits per heavy atom. The van der Waals surface area contributed by atoms with Gasteiger partial charge in [0.2, 0.25) is 41.4 Å². The van der Waals surface area contributed by atoms with Crippen LogP contribution in [0.1, 0.15) is 84.3 Å². The number of aliphatic hydroxyl groups excluding tert-OH is 3. The summed E-state index contributed by atoms with van der Waals surface area (Å²) in [5.41, 5.74) is -0.840. The van der Waals surface area contributed by atoms with Gasteiger partial charge in [0.15, 0.2) is 5.78 Å². The highest BCUT2D eigenvalue weighted by Gasteiger charge is 2.44. The molecule has 3 aliphatic rings. The van der Waals surface area contributed by atoms with E-state index in [0.717, 1.165) is 16.7 Å². The number of carboxylic acids is 1. The normalized spacial score (nSPS) is 25.2. The van der Waals surface area contributed by atoms with Gasteiger partial charge in [-0.2, -0.15) is 0 Å². The zero-order valence-corrected chi connectivity index (χ0v) is 46.0. The molecule has 0 saturated carbocycles. The Bertz CT molecular complexity index is 2700. The van der Waals surface area contributed by atoms with Crippen molar-refractivity contribution in [2.45, 2.75) is 145 Å². The summed E-state index contributed by atoms with van der Waals surface area (Å²) in [4.78, 5) is 152. The van der Waals surface area contributed by atoms with Crippen LogP contribution in [0, 0.1) is 5.92 Å². The summed E-state index contributed by atoms with van der Waals surface area (Å²) in [7, 11) is 0. The number of H-pyrrole nitrogens is 1. The van der Waals surface area contributed by atoms with Gasteiger partial charge in [-0.1, -0.05) is 17.7 Å². The van der Waals surface area contributed by atoms with Gasteiger partial charge >= 0.3 is 5.97 Å². The maximum absolute atomic E-state index is 14.7. The number of amides is 8. The first-order valence-electron chi connectivity index (χ1n) is 25.7. The number of hydrogen-bond acceptors (Lipinski definition) is 17. The molecule has 28 heteroatoms. The van der Waals surface area contributed by atoms with Crippen molar-refractivity contribution in [3.05, 3.63) is 39.9 Å². The molecule has 4 heterocycles. The van der Waals surface area contributed by atoms with Crippen LogP contribution in [0.5, 0.6) is 0 Å². The second-order valence-corrected chi connectivity index (χ2v) is 21.7. The van der Waals surface area contributed by atoms with Gasteiger partial charge in [0.05, 0.1) is 54.3 Å². The Morgan fingerprint density at radius 3 is 2.29 bits per heavy atom. The van der Waals surface area contributed by atoms with Crippen LogP contribution in [0.25, 0.3) is 10.9 Å². The Morgan fingerprint density at radius 2 is 1.61 bits per heavy atom. The molecular weight excluding hydrogens is 1080 g/mol. The summed E-state index contributed by atoms with van der Waals surface area (Å²) in [6.45, 7) is 5.23. The third-order valence-corrected chi connectivity index (χ3v) is 15.2. The molecule has 3 aliphatic heterocycles. The summed E-state index contributed by atoms with van der Waals surface area (Å²) < 4.78 is 5.36. The average Bonchev–Trinajstić information content (AvgIpc) is 3.95. The highest BCUT2D eigenvalue weighted by molar-refractivity contribution is 7.99. The number of nitrogens with zero attached hydrogens (tertiary/aromatic N) is 1. The van der Waals surface area contributed by atoms with Crippen LogP contribution < -0.4 is 37.2 Å². The molecule has 2 bridgehead atoms. The zero-order valence-electron chi connectivity index (χ0n) is 44.4. The number of Topliss-reactive ketones (excluding diaryl/α,β-unsaturated/α-hetero) is 2. The lowest BCUT2D eigenvalue weighted by Crippen LogP contribution is -2.61. The van der Waals surface area contributed by atoms with E-state index >= 15 is 0 Å². The third-order valence-electron chi connectivity index (χ3n) is 13.6. The number of aliphatic carboxylic acids is 1. The monoisotopic (exact) mass is 1150 g/mol. The molecule has 13 N–H and O–H groups in total. The number of aromatic nitrogens is 1. The number of fused-ring (bicyclic) bond motifs is 5. The van der Waals surface area contributed by atoms with Gasteiger partial charge in [0, 0.05) is 80.7 Å². The smallest absolute Gasteiger partial charge is 0.332 e. The number of aliphatic hydroxyl groups is 4. The van der Waals surface area contributed by atoms with Crippen molar-refractivity contribution in [2.24, 2.45) is 5.92 Å². The number of halogens is 1. The minimum atomic E-state index is -1.97. The molecule has 26 nitrogen and oxygen atoms in total. The van der Waals surface area contributed by atoms with Gasteiger partial charge in [-0.25, -0.2) is 4.79 Å². The Labute approximate surface area is 463 Å². The van der Waals surface area contributed by atoms with E-state index in [-0.39, 0.29) is 94.4 Å². The van der Waals surface area contributed by atoms with E-state index in [1.165, 1.54) is 34.6 Å². The topological polar surface area (TPSA) is 401 Å². The molecule has 79 heavy (non-hydrogen) atoms. The van der Waals surface area contributed by atoms with Crippen molar-refractivity contribution in [3.63, 3.8) is 0 Å². The van der Waals surface area contributed by atoms with Crippen molar-refractivity contribution >= 4 is 99.1 Å². The SMILES string of the molecule is C/C(C(=O)O)=C(\Cl)C(=O)NCCOCCC(=O)NCCCC(=O)Cc1ccc2[nH]c3c(c2c1)C[C@@H]1CC(=O)[C@H](C)NC(=O)[C@@H]2C[C@@H](O)CN2C(=O)[C@@H](CS3)NC(=O)[C@@H](C(C)O)NC(=O)[C@H](C)NC(=O)[C@H](C[C@@](C)(O)CO)NC1=O. The highest BCUT2D eigenvalue weighted by Crippen LogP contribution is 2.35. The minimum absolute atomic E-state index is 0.00977. The molecule has 2 aromatic rings. The van der Waals surface area contributed by atoms with Gasteiger partial charge in [0.25, 0.3) is 5.91 Å². The molecule has 0 radical (unpaired) electrons. The summed E-state index contributed by atoms with van der Waals surface area (Å²) in [6.07, 6.45) is -4.11. The highest BCUT2D eigenvalue weighted by atomic mass is 35.5. The lowest BCUT2D eigenvalue weighted by atomic mass is 9.89. The number of ketones is 2. The van der Waals surface area contributed by atoms with Crippen LogP contribution in [0.15, 0.2) is 33.8 Å². The van der Waals surface area contributed by atoms with Crippen molar-refractivity contribution in [2.75, 3.05) is 45.2 Å². The average molecular weight is 1150 g/mol. The second kappa shape index (κ2) is 28.6. The Hall–Kier alpha value is -6.49. The number of benzene rings is 1. The van der Waals surface area contributed by atoms with E-state index in [0.29, 0.717) is 27.1 Å². The molecule has 1 fully saturated rings. The minimum Gasteiger partial charge on any atom is -0.478 e. The van der Waals surface area contributed by atoms with E-state index < -0.39 is 138 Å². The van der Waals surface area contributed by atoms with Crippen LogP contribution in [0.3, 0.4) is 0 Å². The molecule has 1 aromatic heterocycles. The number of aromatic amines is 1. The number of thioether (sulfide) groups is 1. The third kappa shape index (κ3) is 17.8. The summed E-state index contributed by atoms with van der Waals surface area (Å²) in [6, 6.07) is -3.81. The van der Waals surface area contributed by atoms with E-state index in [4.69, 9.17) is 21.4 Å². The summed E-state index contributed by atoms with van der Waals surface area (Å²) in [5, 5.41) is 69.7. The number of hydrogen-bond donors (Lipinski definition) is 13. The van der Waals surface area contributed by atoms with Crippen molar-refractivity contribution in [1.82, 2.24) is 47.1 Å². The molecular formula is C51H70ClN9O17S. The molecule has 1 saturated heterocycles. The van der Waals surface area contributed by atoms with Crippen molar-refractivity contribution < 1.29 is 83.0 Å². The van der Waals surface area contributed by atoms with Crippen molar-refractivity contribution in [3.8, 4) is 0 Å². The predicted octanol–water partition coefficient (Wildman–Crippen LogP) is -2.53. The van der Waals surface area contributed by atoms with E-state index in [2.05, 4.69) is 42.2 Å². The second-order valence-electron chi connectivity index (χ2n) is 20.3. The fourth-order valence-corrected chi connectivity index (χ4v) is 10.2. The largest absolute Gasteiger partial charge is 0.478 e. The molecule has 0 aliphatic carbocycles. The van der Waals surface area contributed by atoms with Crippen LogP contribution in [0.4, 0.5) is 0 Å². The Kier molecular flexibility index (Phi) is 22.9. The number of nitrogens with one attached hydrogen (secondary N) is 8. The molecule has 10 atom stereocenters. The standard InChI is InChI=1S/C51H70ClN9O17S/c1-24(50(75)76)40(52)46(72)54-12-14-78-13-10-39(67)53-11-6-7-30(64)15-28-8-9-34-32(16-28)33-17-29-18-38(66)25(2)55-45(71)37-19-31(65)21-61(37)49(74)36(22-79-48(33)59-34)58-47(73)41(27(4)63)60-42(68)26(3)56-44(70)35(57-43(29)69)20-51(5,77)23-62/h8-9,16,25-27,29,31,35-37,41,59,62-63,65,77H,6-7,10-15,17-23H2,1-5H3,(H,53,67)(H,54,72)(H,55,71)(H,56,70)(H,57,69)(H,58,73)(H,60,68)(H,75,76)/b40-24+/t25-,26-,27?,29+,31+,35-,36+,37-,41+,51+/m0/s1. The van der Waals surface area contributed by atoms with Gasteiger partial charge in [0.1, 0.15) is 41.0 Å². The van der Waals surface area contributed by atoms with E-state index in [9.17, 15) is 73.2 Å². The summed E-state index contributed by atoms with van der Waals surface area (Å²) in [5.74, 6) is -10.4. The van der Waals surface area contributed by atoms with Gasteiger partial charge in [-0.15, -0.1) is 11.8 Å². The summed E-state index contributed by atoms with van der Waals surface area (Å²) >= 11 is 6.77. The maximum Gasteiger partial charge on any atom is 0.332 e. The fraction of sp³-hybridized carbons (Fsp3) is 0.588. The molecule has 1 unspecified atom stereocenters. The van der Waals surface area contributed by atoms with Gasteiger partial charge in [-0.05, 0) is 70.7 Å². The lowest BCUT2D eigenvalue weighted by molar-refractivity contribution is -0.142. The molecule has 434 valence electrons. The van der Waals surface area contributed by atoms with E-state index in [1.807, 2.05) is 0 Å². The van der Waals surface area contributed by atoms with Crippen LogP contribution in [-0.4, -0.2) is 199 Å². The van der Waals surface area contributed by atoms with Gasteiger partial charge < -0.3 is 77.4 Å². The van der Waals surface area contributed by atoms with Crippen LogP contribution >= 0.6 is 23.4 Å². The quantitative estimate of drug-likeness (QED) is 0.0541. The molecule has 8 amide bonds. The van der Waals surface area contributed by atoms with Crippen molar-refractivity contribution in [1.29, 1.82) is 0 Å². The number of rotatable bonds is 18. The molecule has 1 aromatic carbocycles. The lowest BCUT2D eigenvalue weighted by Gasteiger charge is -2.31. The molecule has 5 rings (SSSR count). The maximum atomic E-state index is 14.7. The fourth-order valence-electron chi connectivity index (χ4n) is 8.96. The Balaban J connectivity index is 1.44. The number of carbonyl (C=O) groups excluding carboxylic acids is 10. The van der Waals surface area contributed by atoms with E-state index in [1.54, 1.807) is 18.2 Å².